The molecule has 0 spiro atoms. The van der Waals surface area contributed by atoms with Crippen molar-refractivity contribution < 1.29 is 22.7 Å². The summed E-state index contributed by atoms with van der Waals surface area (Å²) in [6, 6.07) is 13.4. The van der Waals surface area contributed by atoms with Gasteiger partial charge in [-0.25, -0.2) is 4.98 Å². The zero-order chi connectivity index (χ0) is 22.4. The summed E-state index contributed by atoms with van der Waals surface area (Å²) >= 11 is 0. The van der Waals surface area contributed by atoms with E-state index in [1.54, 1.807) is 49.6 Å². The maximum absolute atomic E-state index is 13.0. The van der Waals surface area contributed by atoms with Crippen LogP contribution in [0.4, 0.5) is 24.7 Å². The van der Waals surface area contributed by atoms with E-state index in [2.05, 4.69) is 15.4 Å². The Morgan fingerprint density at radius 1 is 1.19 bits per heavy atom. The minimum Gasteiger partial charge on any atom is -0.383 e. The summed E-state index contributed by atoms with van der Waals surface area (Å²) in [5, 5.41) is 6.58. The summed E-state index contributed by atoms with van der Waals surface area (Å²) in [6.07, 6.45) is -3.08. The number of carbonyl (C=O) groups is 1. The number of anilines is 2. The molecule has 2 heterocycles. The molecule has 0 saturated heterocycles. The summed E-state index contributed by atoms with van der Waals surface area (Å²) in [7, 11) is 3.45. The second-order valence-corrected chi connectivity index (χ2v) is 6.83. The number of benzene rings is 1. The van der Waals surface area contributed by atoms with Crippen LogP contribution in [0.5, 0.6) is 0 Å². The fraction of sp³-hybridized carbons (Fsp3) is 0.286. The van der Waals surface area contributed by atoms with Crippen molar-refractivity contribution in [2.45, 2.75) is 12.7 Å². The number of carbonyl (C=O) groups excluding carboxylic acids is 1. The summed E-state index contributed by atoms with van der Waals surface area (Å²) in [4.78, 5) is 18.9. The molecule has 1 amide bonds. The normalized spacial score (nSPS) is 11.4. The number of rotatable bonds is 8. The summed E-state index contributed by atoms with van der Waals surface area (Å²) in [5.41, 5.74) is 1.05. The van der Waals surface area contributed by atoms with Crippen LogP contribution in [0.1, 0.15) is 10.5 Å². The van der Waals surface area contributed by atoms with E-state index in [1.165, 1.54) is 12.3 Å². The Kier molecular flexibility index (Phi) is 6.91. The number of hydrogen-bond donors (Lipinski definition) is 1. The van der Waals surface area contributed by atoms with Crippen molar-refractivity contribution in [3.63, 3.8) is 0 Å². The summed E-state index contributed by atoms with van der Waals surface area (Å²) in [6.45, 7) is -0.207. The first-order valence-corrected chi connectivity index (χ1v) is 9.44. The van der Waals surface area contributed by atoms with Crippen LogP contribution in [0, 0.1) is 0 Å². The van der Waals surface area contributed by atoms with Crippen molar-refractivity contribution in [3.8, 4) is 11.3 Å². The monoisotopic (exact) mass is 433 g/mol. The SMILES string of the molecule is COCCN(C)c1ccc(NC(=O)c2cc(-c3ccccc3)nn2CC(F)(F)F)cn1. The Balaban J connectivity index is 1.81. The molecule has 0 radical (unpaired) electrons. The van der Waals surface area contributed by atoms with E-state index in [0.29, 0.717) is 34.9 Å². The lowest BCUT2D eigenvalue weighted by molar-refractivity contribution is -0.142. The molecule has 0 unspecified atom stereocenters. The van der Waals surface area contributed by atoms with Crippen LogP contribution in [0.2, 0.25) is 0 Å². The lowest BCUT2D eigenvalue weighted by Gasteiger charge is -2.17. The van der Waals surface area contributed by atoms with Gasteiger partial charge in [0.05, 0.1) is 24.2 Å². The van der Waals surface area contributed by atoms with Gasteiger partial charge in [0.15, 0.2) is 0 Å². The van der Waals surface area contributed by atoms with Crippen molar-refractivity contribution in [2.75, 3.05) is 37.5 Å². The van der Waals surface area contributed by atoms with Crippen LogP contribution >= 0.6 is 0 Å². The van der Waals surface area contributed by atoms with E-state index in [9.17, 15) is 18.0 Å². The quantitative estimate of drug-likeness (QED) is 0.585. The van der Waals surface area contributed by atoms with Gasteiger partial charge in [-0.1, -0.05) is 30.3 Å². The smallest absolute Gasteiger partial charge is 0.383 e. The van der Waals surface area contributed by atoms with Crippen LogP contribution in [0.3, 0.4) is 0 Å². The number of aromatic nitrogens is 3. The van der Waals surface area contributed by atoms with Crippen molar-refractivity contribution >= 4 is 17.4 Å². The average Bonchev–Trinajstić information content (AvgIpc) is 3.15. The Morgan fingerprint density at radius 2 is 1.94 bits per heavy atom. The van der Waals surface area contributed by atoms with Gasteiger partial charge in [0.25, 0.3) is 5.91 Å². The lowest BCUT2D eigenvalue weighted by Crippen LogP contribution is -2.25. The zero-order valence-corrected chi connectivity index (χ0v) is 17.1. The van der Waals surface area contributed by atoms with Gasteiger partial charge in [-0.3, -0.25) is 9.48 Å². The molecule has 0 saturated carbocycles. The second kappa shape index (κ2) is 9.61. The van der Waals surface area contributed by atoms with Crippen molar-refractivity contribution in [2.24, 2.45) is 0 Å². The van der Waals surface area contributed by atoms with E-state index in [4.69, 9.17) is 4.74 Å². The number of methoxy groups -OCH3 is 1. The highest BCUT2D eigenvalue weighted by atomic mass is 19.4. The Labute approximate surface area is 177 Å². The first kappa shape index (κ1) is 22.3. The van der Waals surface area contributed by atoms with Crippen LogP contribution in [0.15, 0.2) is 54.7 Å². The van der Waals surface area contributed by atoms with Crippen molar-refractivity contribution in [1.82, 2.24) is 14.8 Å². The fourth-order valence-electron chi connectivity index (χ4n) is 2.86. The molecule has 0 aliphatic rings. The van der Waals surface area contributed by atoms with Gasteiger partial charge in [-0.05, 0) is 18.2 Å². The Hall–Kier alpha value is -3.40. The Bertz CT molecular complexity index is 1000. The second-order valence-electron chi connectivity index (χ2n) is 6.83. The molecule has 31 heavy (non-hydrogen) atoms. The molecule has 1 N–H and O–H groups in total. The average molecular weight is 433 g/mol. The molecule has 3 rings (SSSR count). The number of hydrogen-bond acceptors (Lipinski definition) is 5. The minimum atomic E-state index is -4.52. The number of nitrogens with zero attached hydrogens (tertiary/aromatic N) is 4. The van der Waals surface area contributed by atoms with Crippen molar-refractivity contribution in [3.05, 3.63) is 60.4 Å². The molecule has 7 nitrogen and oxygen atoms in total. The molecule has 1 aromatic carbocycles. The molecular weight excluding hydrogens is 411 g/mol. The maximum atomic E-state index is 13.0. The van der Waals surface area contributed by atoms with Gasteiger partial charge in [0, 0.05) is 26.3 Å². The maximum Gasteiger partial charge on any atom is 0.408 e. The van der Waals surface area contributed by atoms with Crippen LogP contribution < -0.4 is 10.2 Å². The van der Waals surface area contributed by atoms with Gasteiger partial charge in [-0.2, -0.15) is 18.3 Å². The van der Waals surface area contributed by atoms with Crippen LogP contribution in [0.25, 0.3) is 11.3 Å². The largest absolute Gasteiger partial charge is 0.408 e. The van der Waals surface area contributed by atoms with Gasteiger partial charge in [-0.15, -0.1) is 0 Å². The molecular formula is C21H22F3N5O2. The molecule has 3 aromatic rings. The molecule has 0 aliphatic heterocycles. The van der Waals surface area contributed by atoms with E-state index in [0.717, 1.165) is 0 Å². The fourth-order valence-corrected chi connectivity index (χ4v) is 2.86. The highest BCUT2D eigenvalue weighted by Crippen LogP contribution is 2.24. The molecule has 2 aromatic heterocycles. The van der Waals surface area contributed by atoms with E-state index < -0.39 is 18.6 Å². The molecule has 10 heteroatoms. The van der Waals surface area contributed by atoms with Gasteiger partial charge in [0.2, 0.25) is 0 Å². The predicted molar refractivity (Wildman–Crippen MR) is 111 cm³/mol. The summed E-state index contributed by atoms with van der Waals surface area (Å²) in [5.74, 6) is -0.0373. The number of halogens is 3. The third kappa shape index (κ3) is 6.05. The van der Waals surface area contributed by atoms with Crippen LogP contribution in [-0.2, 0) is 11.3 Å². The van der Waals surface area contributed by atoms with E-state index in [1.807, 2.05) is 11.9 Å². The molecule has 0 atom stereocenters. The summed E-state index contributed by atoms with van der Waals surface area (Å²) < 4.78 is 44.7. The third-order valence-electron chi connectivity index (χ3n) is 4.44. The highest BCUT2D eigenvalue weighted by molar-refractivity contribution is 6.03. The molecule has 0 fully saturated rings. The first-order valence-electron chi connectivity index (χ1n) is 9.44. The van der Waals surface area contributed by atoms with E-state index in [-0.39, 0.29) is 11.4 Å². The number of ether oxygens (including phenoxy) is 1. The zero-order valence-electron chi connectivity index (χ0n) is 17.1. The number of alkyl halides is 3. The lowest BCUT2D eigenvalue weighted by atomic mass is 10.1. The van der Waals surface area contributed by atoms with Gasteiger partial charge < -0.3 is 15.0 Å². The van der Waals surface area contributed by atoms with Crippen molar-refractivity contribution in [1.29, 1.82) is 0 Å². The minimum absolute atomic E-state index is 0.197. The van der Waals surface area contributed by atoms with Gasteiger partial charge in [0.1, 0.15) is 18.1 Å². The third-order valence-corrected chi connectivity index (χ3v) is 4.44. The standard InChI is InChI=1S/C21H22F3N5O2/c1-28(10-11-31-2)19-9-8-16(13-25-19)26-20(30)18-12-17(15-6-4-3-5-7-15)27-29(18)14-21(22,23)24/h3-9,12-13H,10-11,14H2,1-2H3,(H,26,30). The Morgan fingerprint density at radius 3 is 2.55 bits per heavy atom. The van der Waals surface area contributed by atoms with Gasteiger partial charge >= 0.3 is 6.18 Å². The van der Waals surface area contributed by atoms with E-state index >= 15 is 0 Å². The highest BCUT2D eigenvalue weighted by Gasteiger charge is 2.31. The molecule has 0 aliphatic carbocycles. The molecule has 0 bridgehead atoms. The topological polar surface area (TPSA) is 72.3 Å². The van der Waals surface area contributed by atoms with Crippen LogP contribution in [-0.4, -0.2) is 54.2 Å². The number of amides is 1. The number of nitrogens with one attached hydrogen (secondary N) is 1. The number of likely N-dealkylation sites (N-methyl/N-ethyl adjacent to an activating group) is 1. The predicted octanol–water partition coefficient (Wildman–Crippen LogP) is 3.84. The first-order chi connectivity index (χ1) is 14.8. The number of pyridine rings is 1. The molecule has 164 valence electrons.